The number of aromatic nitrogens is 1. The van der Waals surface area contributed by atoms with Crippen molar-refractivity contribution in [1.29, 1.82) is 0 Å². The zero-order valence-corrected chi connectivity index (χ0v) is 12.5. The van der Waals surface area contributed by atoms with Gasteiger partial charge >= 0.3 is 0 Å². The summed E-state index contributed by atoms with van der Waals surface area (Å²) in [5, 5.41) is 3.43. The quantitative estimate of drug-likeness (QED) is 0.855. The molecule has 3 aliphatic rings. The van der Waals surface area contributed by atoms with Gasteiger partial charge in [-0.2, -0.15) is 0 Å². The van der Waals surface area contributed by atoms with Gasteiger partial charge in [0.1, 0.15) is 5.82 Å². The molecular formula is C14H18F2N4S. The molecule has 1 aromatic heterocycles. The van der Waals surface area contributed by atoms with Gasteiger partial charge in [0.15, 0.2) is 0 Å². The van der Waals surface area contributed by atoms with Crippen LogP contribution < -0.4 is 15.1 Å². The number of rotatable bonds is 1. The van der Waals surface area contributed by atoms with Gasteiger partial charge in [-0.3, -0.25) is 0 Å². The number of nitrogens with zero attached hydrogens (tertiary/aromatic N) is 3. The second-order valence-electron chi connectivity index (χ2n) is 5.92. The molecule has 4 rings (SSSR count). The van der Waals surface area contributed by atoms with Gasteiger partial charge in [-0.1, -0.05) is 0 Å². The third-order valence-corrected chi connectivity index (χ3v) is 5.41. The summed E-state index contributed by atoms with van der Waals surface area (Å²) < 4.78 is 26.0. The van der Waals surface area contributed by atoms with Crippen molar-refractivity contribution < 1.29 is 8.78 Å². The van der Waals surface area contributed by atoms with Crippen LogP contribution in [-0.4, -0.2) is 55.4 Å². The third kappa shape index (κ3) is 2.46. The Labute approximate surface area is 126 Å². The highest BCUT2D eigenvalue weighted by Crippen LogP contribution is 2.39. The maximum Gasteiger partial charge on any atom is 0.282 e. The number of thioether (sulfide) groups is 1. The first kappa shape index (κ1) is 13.6. The minimum absolute atomic E-state index is 0.186. The number of nitrogens with one attached hydrogen (secondary N) is 1. The number of hydrogen-bond donors (Lipinski definition) is 1. The van der Waals surface area contributed by atoms with Crippen molar-refractivity contribution in [2.24, 2.45) is 0 Å². The maximum atomic E-state index is 13.0. The Kier molecular flexibility index (Phi) is 3.22. The molecule has 0 unspecified atom stereocenters. The van der Waals surface area contributed by atoms with E-state index in [1.165, 1.54) is 0 Å². The van der Waals surface area contributed by atoms with Crippen molar-refractivity contribution in [2.75, 3.05) is 48.3 Å². The Bertz CT molecular complexity index is 546. The van der Waals surface area contributed by atoms with E-state index in [0.29, 0.717) is 6.04 Å². The van der Waals surface area contributed by atoms with E-state index in [0.717, 1.165) is 48.2 Å². The van der Waals surface area contributed by atoms with E-state index in [2.05, 4.69) is 15.2 Å². The fraction of sp³-hybridized carbons (Fsp3) is 0.643. The summed E-state index contributed by atoms with van der Waals surface area (Å²) >= 11 is 1.80. The van der Waals surface area contributed by atoms with Crippen molar-refractivity contribution in [3.63, 3.8) is 0 Å². The average Bonchev–Trinajstić information content (AvgIpc) is 2.63. The highest BCUT2D eigenvalue weighted by molar-refractivity contribution is 7.99. The molecule has 0 radical (unpaired) electrons. The molecule has 7 heteroatoms. The van der Waals surface area contributed by atoms with Crippen molar-refractivity contribution >= 4 is 23.3 Å². The van der Waals surface area contributed by atoms with Gasteiger partial charge in [0, 0.05) is 31.4 Å². The monoisotopic (exact) mass is 312 g/mol. The second kappa shape index (κ2) is 4.98. The zero-order chi connectivity index (χ0) is 14.4. The van der Waals surface area contributed by atoms with Crippen LogP contribution in [-0.2, 0) is 0 Å². The number of fused-ring (bicyclic) bond motifs is 3. The Morgan fingerprint density at radius 2 is 2.24 bits per heavy atom. The SMILES string of the molecule is FC1(F)CN(c2cnc3c(c2)SCC[C@@H]2CNCCN32)C1. The molecule has 3 aliphatic heterocycles. The molecule has 2 saturated heterocycles. The first-order chi connectivity index (χ1) is 10.1. The predicted molar refractivity (Wildman–Crippen MR) is 80.7 cm³/mol. The van der Waals surface area contributed by atoms with Crippen molar-refractivity contribution in [3.05, 3.63) is 12.3 Å². The number of anilines is 2. The highest BCUT2D eigenvalue weighted by Gasteiger charge is 2.44. The molecule has 0 bridgehead atoms. The molecule has 0 saturated carbocycles. The minimum Gasteiger partial charge on any atom is -0.358 e. The van der Waals surface area contributed by atoms with Crippen LogP contribution >= 0.6 is 11.8 Å². The van der Waals surface area contributed by atoms with Crippen LogP contribution in [0.2, 0.25) is 0 Å². The minimum atomic E-state index is -2.54. The zero-order valence-electron chi connectivity index (χ0n) is 11.7. The van der Waals surface area contributed by atoms with E-state index in [1.807, 2.05) is 6.07 Å². The van der Waals surface area contributed by atoms with Crippen LogP contribution in [0.3, 0.4) is 0 Å². The van der Waals surface area contributed by atoms with Gasteiger partial charge in [0.2, 0.25) is 0 Å². The van der Waals surface area contributed by atoms with Crippen molar-refractivity contribution in [3.8, 4) is 0 Å². The van der Waals surface area contributed by atoms with Crippen LogP contribution in [0.5, 0.6) is 0 Å². The smallest absolute Gasteiger partial charge is 0.282 e. The summed E-state index contributed by atoms with van der Waals surface area (Å²) in [4.78, 5) is 9.81. The molecule has 0 aromatic carbocycles. The molecule has 1 aromatic rings. The molecule has 0 aliphatic carbocycles. The first-order valence-electron chi connectivity index (χ1n) is 7.35. The molecule has 0 spiro atoms. The molecule has 2 fully saturated rings. The summed E-state index contributed by atoms with van der Waals surface area (Å²) in [6.07, 6.45) is 2.88. The lowest BCUT2D eigenvalue weighted by molar-refractivity contribution is -0.0263. The summed E-state index contributed by atoms with van der Waals surface area (Å²) in [5.41, 5.74) is 0.820. The largest absolute Gasteiger partial charge is 0.358 e. The fourth-order valence-corrected chi connectivity index (χ4v) is 4.33. The van der Waals surface area contributed by atoms with Gasteiger partial charge in [-0.05, 0) is 12.5 Å². The lowest BCUT2D eigenvalue weighted by Crippen LogP contribution is -2.56. The molecule has 1 N–H and O–H groups in total. The first-order valence-corrected chi connectivity index (χ1v) is 8.34. The molecule has 1 atom stereocenters. The lowest BCUT2D eigenvalue weighted by atomic mass is 10.1. The number of halogens is 2. The van der Waals surface area contributed by atoms with E-state index in [9.17, 15) is 8.78 Å². The molecule has 21 heavy (non-hydrogen) atoms. The van der Waals surface area contributed by atoms with Gasteiger partial charge in [-0.15, -0.1) is 11.8 Å². The van der Waals surface area contributed by atoms with E-state index >= 15 is 0 Å². The van der Waals surface area contributed by atoms with Crippen LogP contribution in [0.15, 0.2) is 17.2 Å². The molecule has 4 heterocycles. The molecular weight excluding hydrogens is 294 g/mol. The number of piperazine rings is 1. The van der Waals surface area contributed by atoms with E-state index in [1.54, 1.807) is 22.9 Å². The van der Waals surface area contributed by atoms with E-state index in [-0.39, 0.29) is 13.1 Å². The Hall–Kier alpha value is -1.08. The molecule has 4 nitrogen and oxygen atoms in total. The topological polar surface area (TPSA) is 31.4 Å². The number of pyridine rings is 1. The van der Waals surface area contributed by atoms with Crippen molar-refractivity contribution in [1.82, 2.24) is 10.3 Å². The predicted octanol–water partition coefficient (Wildman–Crippen LogP) is 1.81. The molecule has 0 amide bonds. The maximum absolute atomic E-state index is 13.0. The number of hydrogen-bond acceptors (Lipinski definition) is 5. The summed E-state index contributed by atoms with van der Waals surface area (Å²) in [6, 6.07) is 2.53. The average molecular weight is 312 g/mol. The van der Waals surface area contributed by atoms with E-state index < -0.39 is 5.92 Å². The van der Waals surface area contributed by atoms with Gasteiger partial charge in [-0.25, -0.2) is 13.8 Å². The molecule has 114 valence electrons. The second-order valence-corrected chi connectivity index (χ2v) is 7.05. The van der Waals surface area contributed by atoms with Crippen LogP contribution in [0.25, 0.3) is 0 Å². The highest BCUT2D eigenvalue weighted by atomic mass is 32.2. The van der Waals surface area contributed by atoms with Gasteiger partial charge < -0.3 is 15.1 Å². The third-order valence-electron chi connectivity index (χ3n) is 4.36. The number of alkyl halides is 2. The van der Waals surface area contributed by atoms with Crippen molar-refractivity contribution in [2.45, 2.75) is 23.3 Å². The Morgan fingerprint density at radius 3 is 3.05 bits per heavy atom. The van der Waals surface area contributed by atoms with Gasteiger partial charge in [0.25, 0.3) is 5.92 Å². The summed E-state index contributed by atoms with van der Waals surface area (Å²) in [7, 11) is 0. The van der Waals surface area contributed by atoms with E-state index in [4.69, 9.17) is 0 Å². The Balaban J connectivity index is 1.61. The normalized spacial score (nSPS) is 27.4. The standard InChI is InChI=1S/C14H18F2N4S/c15-14(16)8-19(9-14)11-5-12-13(18-7-11)20-3-2-17-6-10(20)1-4-21-12/h5,7,10,17H,1-4,6,8-9H2/t10-/m1/s1. The lowest BCUT2D eigenvalue weighted by Gasteiger charge is -2.41. The van der Waals surface area contributed by atoms with Crippen LogP contribution in [0.4, 0.5) is 20.3 Å². The van der Waals surface area contributed by atoms with Crippen LogP contribution in [0.1, 0.15) is 6.42 Å². The fourth-order valence-electron chi connectivity index (χ4n) is 3.22. The summed E-state index contributed by atoms with van der Waals surface area (Å²) in [5.74, 6) is -0.458. The van der Waals surface area contributed by atoms with Crippen LogP contribution in [0, 0.1) is 0 Å². The Morgan fingerprint density at radius 1 is 1.38 bits per heavy atom. The van der Waals surface area contributed by atoms with Gasteiger partial charge in [0.05, 0.1) is 29.9 Å². The summed E-state index contributed by atoms with van der Waals surface area (Å²) in [6.45, 7) is 2.57.